The van der Waals surface area contributed by atoms with E-state index in [0.29, 0.717) is 17.8 Å². The molecule has 0 heterocycles. The third-order valence-electron chi connectivity index (χ3n) is 3.17. The summed E-state index contributed by atoms with van der Waals surface area (Å²) in [5.41, 5.74) is 0. The molecule has 0 unspecified atom stereocenters. The molecule has 0 amide bonds. The molecule has 0 saturated heterocycles. The molecule has 0 saturated carbocycles. The standard InChI is InChI=1S/C14H19N/c1-2-15-11-14(12-7-3-4-8-12)13-9-5-6-10-13/h3-10,12-15H,2,11H2,1H3. The fraction of sp³-hybridized carbons (Fsp3) is 0.429. The predicted octanol–water partition coefficient (Wildman–Crippen LogP) is 2.70. The molecule has 0 spiro atoms. The smallest absolute Gasteiger partial charge is 0.000179 e. The van der Waals surface area contributed by atoms with E-state index < -0.39 is 0 Å². The van der Waals surface area contributed by atoms with Crippen LogP contribution >= 0.6 is 0 Å². The minimum atomic E-state index is 0.599. The monoisotopic (exact) mass is 201 g/mol. The van der Waals surface area contributed by atoms with Crippen LogP contribution in [-0.4, -0.2) is 13.1 Å². The lowest BCUT2D eigenvalue weighted by atomic mass is 9.83. The predicted molar refractivity (Wildman–Crippen MR) is 65.6 cm³/mol. The highest BCUT2D eigenvalue weighted by molar-refractivity contribution is 5.24. The van der Waals surface area contributed by atoms with Gasteiger partial charge in [0.1, 0.15) is 0 Å². The molecule has 0 aromatic rings. The maximum Gasteiger partial charge on any atom is 0.000179 e. The van der Waals surface area contributed by atoms with Gasteiger partial charge in [0.2, 0.25) is 0 Å². The third kappa shape index (κ3) is 2.48. The van der Waals surface area contributed by atoms with E-state index in [0.717, 1.165) is 13.1 Å². The first kappa shape index (κ1) is 10.4. The lowest BCUT2D eigenvalue weighted by molar-refractivity contribution is 0.375. The largest absolute Gasteiger partial charge is 0.317 e. The molecule has 0 aliphatic heterocycles. The zero-order chi connectivity index (χ0) is 10.5. The van der Waals surface area contributed by atoms with Gasteiger partial charge < -0.3 is 5.32 Å². The van der Waals surface area contributed by atoms with Crippen LogP contribution in [0.3, 0.4) is 0 Å². The number of nitrogens with one attached hydrogen (secondary N) is 1. The molecule has 0 atom stereocenters. The van der Waals surface area contributed by atoms with Crippen molar-refractivity contribution < 1.29 is 0 Å². The first-order valence-corrected chi connectivity index (χ1v) is 5.82. The molecular weight excluding hydrogens is 182 g/mol. The van der Waals surface area contributed by atoms with E-state index in [4.69, 9.17) is 0 Å². The van der Waals surface area contributed by atoms with Gasteiger partial charge in [0.25, 0.3) is 0 Å². The van der Waals surface area contributed by atoms with Crippen molar-refractivity contribution in [3.63, 3.8) is 0 Å². The molecule has 2 aliphatic carbocycles. The Labute approximate surface area is 92.3 Å². The van der Waals surface area contributed by atoms with Crippen molar-refractivity contribution in [1.29, 1.82) is 0 Å². The summed E-state index contributed by atoms with van der Waals surface area (Å²) in [6.07, 6.45) is 17.9. The van der Waals surface area contributed by atoms with E-state index >= 15 is 0 Å². The molecule has 1 nitrogen and oxygen atoms in total. The molecule has 1 heteroatoms. The zero-order valence-corrected chi connectivity index (χ0v) is 9.27. The maximum atomic E-state index is 3.47. The van der Waals surface area contributed by atoms with Gasteiger partial charge in [0, 0.05) is 11.8 Å². The number of hydrogen-bond acceptors (Lipinski definition) is 1. The molecule has 1 N–H and O–H groups in total. The molecule has 0 aromatic heterocycles. The van der Waals surface area contributed by atoms with E-state index in [9.17, 15) is 0 Å². The topological polar surface area (TPSA) is 12.0 Å². The second-order valence-electron chi connectivity index (χ2n) is 4.17. The van der Waals surface area contributed by atoms with Gasteiger partial charge in [0.15, 0.2) is 0 Å². The summed E-state index contributed by atoms with van der Waals surface area (Å²) in [7, 11) is 0. The summed E-state index contributed by atoms with van der Waals surface area (Å²) in [6.45, 7) is 4.31. The lowest BCUT2D eigenvalue weighted by Gasteiger charge is -2.25. The molecule has 0 bridgehead atoms. The van der Waals surface area contributed by atoms with Gasteiger partial charge in [-0.25, -0.2) is 0 Å². The average molecular weight is 201 g/mol. The van der Waals surface area contributed by atoms with Crippen molar-refractivity contribution in [2.75, 3.05) is 13.1 Å². The molecule has 2 rings (SSSR count). The molecule has 2 aliphatic rings. The molecule has 15 heavy (non-hydrogen) atoms. The highest BCUT2D eigenvalue weighted by Gasteiger charge is 2.24. The third-order valence-corrected chi connectivity index (χ3v) is 3.17. The Morgan fingerprint density at radius 1 is 0.933 bits per heavy atom. The van der Waals surface area contributed by atoms with E-state index in [1.807, 2.05) is 0 Å². The van der Waals surface area contributed by atoms with Crippen LogP contribution in [0.25, 0.3) is 0 Å². The first-order valence-electron chi connectivity index (χ1n) is 5.82. The van der Waals surface area contributed by atoms with E-state index in [1.165, 1.54) is 0 Å². The summed E-state index contributed by atoms with van der Waals surface area (Å²) in [5.74, 6) is 1.86. The highest BCUT2D eigenvalue weighted by atomic mass is 14.8. The van der Waals surface area contributed by atoms with Crippen LogP contribution in [0.1, 0.15) is 6.92 Å². The van der Waals surface area contributed by atoms with Gasteiger partial charge in [-0.05, 0) is 19.0 Å². The minimum Gasteiger partial charge on any atom is -0.317 e. The van der Waals surface area contributed by atoms with Gasteiger partial charge in [0.05, 0.1) is 0 Å². The van der Waals surface area contributed by atoms with Gasteiger partial charge >= 0.3 is 0 Å². The molecule has 0 radical (unpaired) electrons. The van der Waals surface area contributed by atoms with E-state index in [1.54, 1.807) is 0 Å². The van der Waals surface area contributed by atoms with Crippen LogP contribution in [0.4, 0.5) is 0 Å². The van der Waals surface area contributed by atoms with Crippen molar-refractivity contribution >= 4 is 0 Å². The number of allylic oxidation sites excluding steroid dienone is 8. The Balaban J connectivity index is 2.01. The van der Waals surface area contributed by atoms with E-state index in [2.05, 4.69) is 60.8 Å². The summed E-state index contributed by atoms with van der Waals surface area (Å²) in [4.78, 5) is 0. The number of rotatable bonds is 5. The van der Waals surface area contributed by atoms with Gasteiger partial charge in [-0.1, -0.05) is 55.5 Å². The summed E-state index contributed by atoms with van der Waals surface area (Å²) >= 11 is 0. The van der Waals surface area contributed by atoms with Crippen LogP contribution in [0, 0.1) is 17.8 Å². The minimum absolute atomic E-state index is 0.599. The maximum absolute atomic E-state index is 3.47. The Hall–Kier alpha value is -1.08. The fourth-order valence-corrected chi connectivity index (χ4v) is 2.31. The second kappa shape index (κ2) is 5.13. The van der Waals surface area contributed by atoms with Crippen LogP contribution in [0.5, 0.6) is 0 Å². The average Bonchev–Trinajstić information content (AvgIpc) is 2.90. The van der Waals surface area contributed by atoms with Crippen molar-refractivity contribution in [2.45, 2.75) is 6.92 Å². The van der Waals surface area contributed by atoms with E-state index in [-0.39, 0.29) is 0 Å². The molecular formula is C14H19N. The lowest BCUT2D eigenvalue weighted by Crippen LogP contribution is -2.30. The quantitative estimate of drug-likeness (QED) is 0.721. The van der Waals surface area contributed by atoms with Gasteiger partial charge in [-0.3, -0.25) is 0 Å². The number of hydrogen-bond donors (Lipinski definition) is 1. The van der Waals surface area contributed by atoms with Crippen molar-refractivity contribution in [1.82, 2.24) is 5.32 Å². The normalized spacial score (nSPS) is 20.1. The van der Waals surface area contributed by atoms with Crippen molar-refractivity contribution in [3.8, 4) is 0 Å². The Morgan fingerprint density at radius 2 is 1.40 bits per heavy atom. The van der Waals surface area contributed by atoms with Crippen molar-refractivity contribution in [3.05, 3.63) is 48.6 Å². The summed E-state index contributed by atoms with van der Waals surface area (Å²) in [6, 6.07) is 0. The highest BCUT2D eigenvalue weighted by Crippen LogP contribution is 2.30. The van der Waals surface area contributed by atoms with Crippen molar-refractivity contribution in [2.24, 2.45) is 17.8 Å². The summed E-state index contributed by atoms with van der Waals surface area (Å²) in [5, 5.41) is 3.47. The molecule has 0 fully saturated rings. The second-order valence-corrected chi connectivity index (χ2v) is 4.17. The molecule has 0 aromatic carbocycles. The Morgan fingerprint density at radius 3 is 1.80 bits per heavy atom. The Kier molecular flexibility index (Phi) is 3.57. The van der Waals surface area contributed by atoms with Crippen LogP contribution in [0.2, 0.25) is 0 Å². The molecule has 80 valence electrons. The zero-order valence-electron chi connectivity index (χ0n) is 9.27. The van der Waals surface area contributed by atoms with Crippen LogP contribution in [-0.2, 0) is 0 Å². The Bertz CT molecular complexity index is 257. The fourth-order valence-electron chi connectivity index (χ4n) is 2.31. The van der Waals surface area contributed by atoms with Gasteiger partial charge in [-0.2, -0.15) is 0 Å². The first-order chi connectivity index (χ1) is 7.42. The van der Waals surface area contributed by atoms with Gasteiger partial charge in [-0.15, -0.1) is 0 Å². The SMILES string of the molecule is CCNCC(C1C=CC=C1)C1C=CC=C1. The summed E-state index contributed by atoms with van der Waals surface area (Å²) < 4.78 is 0. The van der Waals surface area contributed by atoms with Crippen LogP contribution < -0.4 is 5.32 Å². The van der Waals surface area contributed by atoms with Crippen LogP contribution in [0.15, 0.2) is 48.6 Å².